The van der Waals surface area contributed by atoms with Crippen LogP contribution in [0.5, 0.6) is 0 Å². The largest absolute Gasteiger partial charge is 0.308 e. The Morgan fingerprint density at radius 1 is 0.815 bits per heavy atom. The molecule has 27 heavy (non-hydrogen) atoms. The molecule has 3 aromatic heterocycles. The van der Waals surface area contributed by atoms with Crippen molar-refractivity contribution in [1.82, 2.24) is 9.38 Å². The molecule has 0 N–H and O–H groups in total. The van der Waals surface area contributed by atoms with Gasteiger partial charge in [-0.05, 0) is 84.6 Å². The van der Waals surface area contributed by atoms with E-state index in [0.29, 0.717) is 0 Å². The zero-order valence-corrected chi connectivity index (χ0v) is 17.5. The summed E-state index contributed by atoms with van der Waals surface area (Å²) in [4.78, 5) is 4.85. The molecule has 130 valence electrons. The smallest absolute Gasteiger partial charge is 0.0822 e. The highest BCUT2D eigenvalue weighted by molar-refractivity contribution is 14.1. The van der Waals surface area contributed by atoms with Gasteiger partial charge < -0.3 is 4.40 Å². The van der Waals surface area contributed by atoms with Gasteiger partial charge in [0.2, 0.25) is 0 Å². The average Bonchev–Trinajstić information content (AvgIpc) is 2.96. The van der Waals surface area contributed by atoms with Gasteiger partial charge in [0.15, 0.2) is 0 Å². The van der Waals surface area contributed by atoms with Crippen LogP contribution in [-0.2, 0) is 0 Å². The minimum absolute atomic E-state index is 1.11. The first-order valence-electron chi connectivity index (χ1n) is 9.18. The van der Waals surface area contributed by atoms with Crippen LogP contribution in [0, 0.1) is 24.3 Å². The monoisotopic (exact) mass is 460 g/mol. The first-order valence-corrected chi connectivity index (χ1v) is 10.3. The third-order valence-electron chi connectivity index (χ3n) is 5.79. The average molecular weight is 460 g/mol. The summed E-state index contributed by atoms with van der Waals surface area (Å²) in [5, 5.41) is 6.47. The summed E-state index contributed by atoms with van der Waals surface area (Å²) in [6, 6.07) is 15.8. The summed E-state index contributed by atoms with van der Waals surface area (Å²) < 4.78 is 3.78. The molecule has 6 aromatic rings. The van der Waals surface area contributed by atoms with Crippen molar-refractivity contribution in [2.45, 2.75) is 20.8 Å². The van der Waals surface area contributed by atoms with E-state index in [2.05, 4.69) is 90.2 Å². The van der Waals surface area contributed by atoms with Gasteiger partial charge in [0.25, 0.3) is 0 Å². The van der Waals surface area contributed by atoms with E-state index in [1.807, 2.05) is 6.20 Å². The zero-order valence-electron chi connectivity index (χ0n) is 15.4. The lowest BCUT2D eigenvalue weighted by Gasteiger charge is -2.15. The maximum atomic E-state index is 4.85. The van der Waals surface area contributed by atoms with E-state index in [1.165, 1.54) is 63.7 Å². The lowest BCUT2D eigenvalue weighted by atomic mass is 9.99. The molecule has 0 saturated carbocycles. The lowest BCUT2D eigenvalue weighted by molar-refractivity contribution is 1.29. The maximum Gasteiger partial charge on any atom is 0.0822 e. The molecule has 0 fully saturated rings. The number of hydrogen-bond donors (Lipinski definition) is 0. The van der Waals surface area contributed by atoms with Crippen molar-refractivity contribution in [2.75, 3.05) is 0 Å². The Morgan fingerprint density at radius 3 is 2.48 bits per heavy atom. The van der Waals surface area contributed by atoms with Gasteiger partial charge in [0, 0.05) is 31.3 Å². The van der Waals surface area contributed by atoms with Gasteiger partial charge >= 0.3 is 0 Å². The SMILES string of the molecule is Cc1ccc2c(c1)c1c(I)cc3ccnc4c5cc(C)cc(C)c5n2c1c34. The van der Waals surface area contributed by atoms with Crippen LogP contribution >= 0.6 is 22.6 Å². The zero-order chi connectivity index (χ0) is 18.4. The highest BCUT2D eigenvalue weighted by atomic mass is 127. The molecule has 3 heteroatoms. The van der Waals surface area contributed by atoms with Gasteiger partial charge in [-0.1, -0.05) is 23.3 Å². The molecule has 0 aliphatic heterocycles. The van der Waals surface area contributed by atoms with E-state index in [-0.39, 0.29) is 0 Å². The van der Waals surface area contributed by atoms with Crippen LogP contribution in [0.15, 0.2) is 48.7 Å². The molecule has 3 heterocycles. The van der Waals surface area contributed by atoms with Crippen LogP contribution in [0.1, 0.15) is 16.7 Å². The third-order valence-corrected chi connectivity index (χ3v) is 6.64. The van der Waals surface area contributed by atoms with E-state index in [1.54, 1.807) is 0 Å². The number of fused-ring (bicyclic) bond motifs is 6. The highest BCUT2D eigenvalue weighted by Crippen LogP contribution is 2.43. The summed E-state index contributed by atoms with van der Waals surface area (Å²) in [6.45, 7) is 6.56. The molecule has 6 rings (SSSR count). The van der Waals surface area contributed by atoms with Gasteiger partial charge in [-0.3, -0.25) is 4.98 Å². The molecule has 0 spiro atoms. The normalized spacial score (nSPS) is 12.4. The predicted molar refractivity (Wildman–Crippen MR) is 123 cm³/mol. The summed E-state index contributed by atoms with van der Waals surface area (Å²) in [5.41, 5.74) is 8.85. The number of pyridine rings is 2. The van der Waals surface area contributed by atoms with Crippen molar-refractivity contribution in [3.63, 3.8) is 0 Å². The molecular weight excluding hydrogens is 443 g/mol. The number of hydrogen-bond acceptors (Lipinski definition) is 1. The van der Waals surface area contributed by atoms with Crippen LogP contribution in [0.2, 0.25) is 0 Å². The fourth-order valence-electron chi connectivity index (χ4n) is 4.81. The molecule has 0 unspecified atom stereocenters. The number of halogens is 1. The van der Waals surface area contributed by atoms with Gasteiger partial charge in [0.05, 0.1) is 22.1 Å². The van der Waals surface area contributed by atoms with E-state index in [4.69, 9.17) is 4.98 Å². The minimum atomic E-state index is 1.11. The quantitative estimate of drug-likeness (QED) is 0.137. The number of rotatable bonds is 0. The molecule has 3 aromatic carbocycles. The van der Waals surface area contributed by atoms with Crippen molar-refractivity contribution >= 4 is 71.6 Å². The standard InChI is InChI=1S/C24H17IN2/c1-12-4-5-19-16(9-12)21-18(25)11-15-6-7-26-22-17-10-13(2)8-14(3)23(17)27(19)24(21)20(15)22/h4-11H,1-3H3. The fraction of sp³-hybridized carbons (Fsp3) is 0.125. The third kappa shape index (κ3) is 1.88. The second-order valence-electron chi connectivity index (χ2n) is 7.67. The number of nitrogens with zero attached hydrogens (tertiary/aromatic N) is 2. The van der Waals surface area contributed by atoms with Crippen LogP contribution < -0.4 is 0 Å². The Balaban J connectivity index is 2.14. The predicted octanol–water partition coefficient (Wildman–Crippen LogP) is 6.91. The molecule has 0 aliphatic carbocycles. The Labute approximate surface area is 170 Å². The molecule has 0 bridgehead atoms. The van der Waals surface area contributed by atoms with Crippen LogP contribution in [0.3, 0.4) is 0 Å². The molecule has 0 amide bonds. The topological polar surface area (TPSA) is 17.3 Å². The van der Waals surface area contributed by atoms with E-state index >= 15 is 0 Å². The second kappa shape index (κ2) is 5.10. The Bertz CT molecular complexity index is 1560. The fourth-order valence-corrected chi connectivity index (χ4v) is 5.69. The maximum absolute atomic E-state index is 4.85. The summed E-state index contributed by atoms with van der Waals surface area (Å²) in [7, 11) is 0. The van der Waals surface area contributed by atoms with Crippen LogP contribution in [0.25, 0.3) is 49.0 Å². The van der Waals surface area contributed by atoms with Gasteiger partial charge in [-0.15, -0.1) is 0 Å². The Hall–Kier alpha value is -2.40. The highest BCUT2D eigenvalue weighted by Gasteiger charge is 2.21. The first kappa shape index (κ1) is 15.6. The molecule has 2 nitrogen and oxygen atoms in total. The van der Waals surface area contributed by atoms with Gasteiger partial charge in [-0.25, -0.2) is 0 Å². The lowest BCUT2D eigenvalue weighted by Crippen LogP contribution is -1.97. The number of benzene rings is 3. The van der Waals surface area contributed by atoms with E-state index < -0.39 is 0 Å². The van der Waals surface area contributed by atoms with Gasteiger partial charge in [-0.2, -0.15) is 0 Å². The van der Waals surface area contributed by atoms with Crippen molar-refractivity contribution < 1.29 is 0 Å². The minimum Gasteiger partial charge on any atom is -0.308 e. The summed E-state index contributed by atoms with van der Waals surface area (Å²) >= 11 is 2.50. The molecular formula is C24H17IN2. The number of aromatic nitrogens is 2. The Kier molecular flexibility index (Phi) is 2.96. The summed E-state index contributed by atoms with van der Waals surface area (Å²) in [6.07, 6.45) is 1.95. The van der Waals surface area contributed by atoms with Crippen LogP contribution in [-0.4, -0.2) is 9.38 Å². The number of aryl methyl sites for hydroxylation is 3. The van der Waals surface area contributed by atoms with Crippen molar-refractivity contribution in [2.24, 2.45) is 0 Å². The first-order chi connectivity index (χ1) is 13.0. The van der Waals surface area contributed by atoms with Crippen molar-refractivity contribution in [3.8, 4) is 0 Å². The second-order valence-corrected chi connectivity index (χ2v) is 8.84. The summed E-state index contributed by atoms with van der Waals surface area (Å²) in [5.74, 6) is 0. The molecule has 0 radical (unpaired) electrons. The molecule has 0 atom stereocenters. The van der Waals surface area contributed by atoms with Crippen molar-refractivity contribution in [1.29, 1.82) is 0 Å². The van der Waals surface area contributed by atoms with E-state index in [0.717, 1.165) is 5.52 Å². The Morgan fingerprint density at radius 2 is 1.63 bits per heavy atom. The molecule has 0 saturated heterocycles. The van der Waals surface area contributed by atoms with Crippen molar-refractivity contribution in [3.05, 3.63) is 68.9 Å². The van der Waals surface area contributed by atoms with Gasteiger partial charge in [0.1, 0.15) is 0 Å². The molecule has 0 aliphatic rings. The van der Waals surface area contributed by atoms with E-state index in [9.17, 15) is 0 Å². The van der Waals surface area contributed by atoms with Crippen LogP contribution in [0.4, 0.5) is 0 Å².